The fraction of sp³-hybridized carbons (Fsp3) is 1.00. The van der Waals surface area contributed by atoms with Gasteiger partial charge in [0.05, 0.1) is 12.7 Å². The van der Waals surface area contributed by atoms with Crippen LogP contribution in [0.3, 0.4) is 0 Å². The number of aliphatic hydroxyl groups is 1. The van der Waals surface area contributed by atoms with Gasteiger partial charge in [0, 0.05) is 0 Å². The maximum Gasteiger partial charge on any atom is 1.00 e. The summed E-state index contributed by atoms with van der Waals surface area (Å²) in [6.45, 7) is 1.31. The van der Waals surface area contributed by atoms with E-state index in [1.54, 1.807) is 0 Å². The van der Waals surface area contributed by atoms with Crippen LogP contribution in [0.5, 0.6) is 0 Å². The van der Waals surface area contributed by atoms with Crippen molar-refractivity contribution in [3.63, 3.8) is 0 Å². The van der Waals surface area contributed by atoms with Gasteiger partial charge in [-0.3, -0.25) is 0 Å². The first kappa shape index (κ1) is 12.8. The van der Waals surface area contributed by atoms with Crippen molar-refractivity contribution in [1.82, 2.24) is 0 Å². The van der Waals surface area contributed by atoms with Crippen LogP contribution in [0, 0.1) is 0 Å². The third-order valence-electron chi connectivity index (χ3n) is 0.442. The summed E-state index contributed by atoms with van der Waals surface area (Å²) in [6.07, 6.45) is -0.710. The SMILES string of the molecule is CC(O)CO[PH](=O)[O-].[Na+]. The molecule has 0 spiro atoms. The van der Waals surface area contributed by atoms with Crippen molar-refractivity contribution in [2.75, 3.05) is 6.61 Å². The minimum absolute atomic E-state index is 0. The van der Waals surface area contributed by atoms with Gasteiger partial charge in [0.2, 0.25) is 0 Å². The summed E-state index contributed by atoms with van der Waals surface area (Å²) >= 11 is 0. The van der Waals surface area contributed by atoms with Gasteiger partial charge < -0.3 is 19.1 Å². The van der Waals surface area contributed by atoms with Crippen LogP contribution in [0.2, 0.25) is 0 Å². The molecule has 0 aromatic heterocycles. The molecule has 2 atom stereocenters. The number of aliphatic hydroxyl groups excluding tert-OH is 1. The minimum Gasteiger partial charge on any atom is -0.781 e. The van der Waals surface area contributed by atoms with Crippen LogP contribution in [0.1, 0.15) is 6.92 Å². The molecule has 0 amide bonds. The minimum atomic E-state index is -3.09. The maximum absolute atomic E-state index is 9.64. The van der Waals surface area contributed by atoms with Crippen LogP contribution in [0.25, 0.3) is 0 Å². The molecule has 0 saturated heterocycles. The smallest absolute Gasteiger partial charge is 0.781 e. The molecule has 50 valence electrons. The third-order valence-corrected chi connectivity index (χ3v) is 0.845. The molecule has 0 rings (SSSR count). The molecule has 0 aliphatic heterocycles. The Morgan fingerprint density at radius 3 is 2.44 bits per heavy atom. The van der Waals surface area contributed by atoms with Crippen molar-refractivity contribution < 1.29 is 48.6 Å². The molecule has 0 radical (unpaired) electrons. The van der Waals surface area contributed by atoms with Gasteiger partial charge in [0.25, 0.3) is 0 Å². The van der Waals surface area contributed by atoms with Crippen LogP contribution < -0.4 is 34.5 Å². The molecule has 1 N–H and O–H groups in total. The van der Waals surface area contributed by atoms with Crippen LogP contribution in [0.4, 0.5) is 0 Å². The molecule has 2 unspecified atom stereocenters. The first-order valence-electron chi connectivity index (χ1n) is 2.14. The zero-order valence-electron chi connectivity index (χ0n) is 5.46. The fourth-order valence-corrected chi connectivity index (χ4v) is 0.566. The number of rotatable bonds is 3. The van der Waals surface area contributed by atoms with Gasteiger partial charge in [-0.05, 0) is 6.92 Å². The Kier molecular flexibility index (Phi) is 10.2. The maximum atomic E-state index is 9.64. The summed E-state index contributed by atoms with van der Waals surface area (Å²) in [7, 11) is -3.09. The van der Waals surface area contributed by atoms with E-state index < -0.39 is 14.4 Å². The number of hydrogen-bond donors (Lipinski definition) is 1. The van der Waals surface area contributed by atoms with Crippen LogP contribution >= 0.6 is 8.25 Å². The number of hydrogen-bond acceptors (Lipinski definition) is 4. The molecule has 0 aliphatic rings. The quantitative estimate of drug-likeness (QED) is 0.340. The fourth-order valence-electron chi connectivity index (χ4n) is 0.189. The monoisotopic (exact) mass is 162 g/mol. The van der Waals surface area contributed by atoms with E-state index in [0.717, 1.165) is 0 Å². The predicted octanol–water partition coefficient (Wildman–Crippen LogP) is -3.86. The Morgan fingerprint density at radius 2 is 2.33 bits per heavy atom. The van der Waals surface area contributed by atoms with Gasteiger partial charge >= 0.3 is 29.6 Å². The molecule has 0 fully saturated rings. The summed E-state index contributed by atoms with van der Waals surface area (Å²) in [4.78, 5) is 9.64. The molecule has 6 heteroatoms. The second kappa shape index (κ2) is 7.22. The van der Waals surface area contributed by atoms with Gasteiger partial charge in [0.15, 0.2) is 0 Å². The van der Waals surface area contributed by atoms with Crippen molar-refractivity contribution in [3.05, 3.63) is 0 Å². The third kappa shape index (κ3) is 12.3. The molecule has 9 heavy (non-hydrogen) atoms. The Labute approximate surface area is 76.5 Å². The second-order valence-corrected chi connectivity index (χ2v) is 2.20. The normalized spacial score (nSPS) is 15.9. The molecular weight excluding hydrogens is 154 g/mol. The summed E-state index contributed by atoms with van der Waals surface area (Å²) < 4.78 is 13.7. The zero-order chi connectivity index (χ0) is 6.57. The summed E-state index contributed by atoms with van der Waals surface area (Å²) in [6, 6.07) is 0. The van der Waals surface area contributed by atoms with Gasteiger partial charge in [-0.15, -0.1) is 0 Å². The van der Waals surface area contributed by atoms with Gasteiger partial charge in [-0.2, -0.15) is 0 Å². The van der Waals surface area contributed by atoms with E-state index in [-0.39, 0.29) is 36.2 Å². The zero-order valence-corrected chi connectivity index (χ0v) is 8.46. The van der Waals surface area contributed by atoms with Gasteiger partial charge in [-0.25, -0.2) is 0 Å². The Balaban J connectivity index is 0. The van der Waals surface area contributed by atoms with Gasteiger partial charge in [0.1, 0.15) is 8.25 Å². The molecule has 0 heterocycles. The van der Waals surface area contributed by atoms with Crippen molar-refractivity contribution in [1.29, 1.82) is 0 Å². The predicted molar refractivity (Wildman–Crippen MR) is 26.6 cm³/mol. The largest absolute Gasteiger partial charge is 1.00 e. The topological polar surface area (TPSA) is 69.6 Å². The van der Waals surface area contributed by atoms with Crippen LogP contribution in [0.15, 0.2) is 0 Å². The van der Waals surface area contributed by atoms with Crippen LogP contribution in [-0.4, -0.2) is 17.8 Å². The molecule has 0 aliphatic carbocycles. The van der Waals surface area contributed by atoms with Crippen molar-refractivity contribution >= 4 is 8.25 Å². The summed E-state index contributed by atoms with van der Waals surface area (Å²) in [5.74, 6) is 0. The van der Waals surface area contributed by atoms with E-state index in [1.807, 2.05) is 0 Å². The summed E-state index contributed by atoms with van der Waals surface area (Å²) in [5.41, 5.74) is 0. The average molecular weight is 162 g/mol. The Bertz CT molecular complexity index is 85.9. The first-order valence-corrected chi connectivity index (χ1v) is 3.37. The van der Waals surface area contributed by atoms with E-state index in [4.69, 9.17) is 5.11 Å². The molecule has 0 saturated carbocycles. The van der Waals surface area contributed by atoms with E-state index >= 15 is 0 Å². The second-order valence-electron chi connectivity index (χ2n) is 1.41. The van der Waals surface area contributed by atoms with Crippen molar-refractivity contribution in [3.8, 4) is 0 Å². The van der Waals surface area contributed by atoms with E-state index in [1.165, 1.54) is 6.92 Å². The van der Waals surface area contributed by atoms with Crippen LogP contribution in [-0.2, 0) is 9.09 Å². The molecule has 0 aromatic carbocycles. The summed E-state index contributed by atoms with van der Waals surface area (Å²) in [5, 5.41) is 8.41. The Morgan fingerprint density at radius 1 is 1.89 bits per heavy atom. The van der Waals surface area contributed by atoms with E-state index in [2.05, 4.69) is 4.52 Å². The molecule has 0 aromatic rings. The molecular formula is C3H8NaO4P. The molecule has 0 bridgehead atoms. The van der Waals surface area contributed by atoms with Crippen molar-refractivity contribution in [2.45, 2.75) is 13.0 Å². The average Bonchev–Trinajstić information content (AvgIpc) is 1.61. The molecule has 4 nitrogen and oxygen atoms in total. The van der Waals surface area contributed by atoms with E-state index in [9.17, 15) is 9.46 Å². The van der Waals surface area contributed by atoms with E-state index in [0.29, 0.717) is 0 Å². The van der Waals surface area contributed by atoms with Crippen molar-refractivity contribution in [2.24, 2.45) is 0 Å². The first-order chi connectivity index (χ1) is 3.63. The Hall–Kier alpha value is 1.11. The standard InChI is InChI=1S/C3H9O4P.Na/c1-3(4)2-7-8(5)6;/h3-4,8H,2H2,1H3,(H,5,6);/q;+1/p-1. The van der Waals surface area contributed by atoms with Gasteiger partial charge in [-0.1, -0.05) is 0 Å².